The summed E-state index contributed by atoms with van der Waals surface area (Å²) in [6.07, 6.45) is 15.7. The van der Waals surface area contributed by atoms with Crippen LogP contribution in [-0.2, 0) is 6.42 Å². The van der Waals surface area contributed by atoms with Crippen molar-refractivity contribution in [2.24, 2.45) is 0 Å². The van der Waals surface area contributed by atoms with E-state index >= 15 is 0 Å². The second-order valence-electron chi connectivity index (χ2n) is 9.44. The number of nitrogens with zero attached hydrogens (tertiary/aromatic N) is 2. The summed E-state index contributed by atoms with van der Waals surface area (Å²) >= 11 is 0. The Labute approximate surface area is 211 Å². The van der Waals surface area contributed by atoms with Gasteiger partial charge in [-0.2, -0.15) is 0 Å². The van der Waals surface area contributed by atoms with E-state index < -0.39 is 6.17 Å². The van der Waals surface area contributed by atoms with Crippen LogP contribution in [0.2, 0.25) is 0 Å². The van der Waals surface area contributed by atoms with E-state index in [0.717, 1.165) is 41.8 Å². The zero-order valence-corrected chi connectivity index (χ0v) is 21.5. The van der Waals surface area contributed by atoms with Crippen LogP contribution in [0, 0.1) is 0 Å². The highest BCUT2D eigenvalue weighted by Crippen LogP contribution is 2.24. The molecule has 0 radical (unpaired) electrons. The normalized spacial score (nSPS) is 12.0. The van der Waals surface area contributed by atoms with Gasteiger partial charge in [-0.25, -0.2) is 14.4 Å². The number of aromatic nitrogens is 2. The van der Waals surface area contributed by atoms with Crippen LogP contribution in [0.3, 0.4) is 0 Å². The zero-order chi connectivity index (χ0) is 24.7. The van der Waals surface area contributed by atoms with E-state index in [9.17, 15) is 4.39 Å². The van der Waals surface area contributed by atoms with Crippen molar-refractivity contribution in [3.63, 3.8) is 0 Å². The first-order valence-electron chi connectivity index (χ1n) is 13.5. The van der Waals surface area contributed by atoms with Crippen LogP contribution in [0.5, 0.6) is 5.75 Å². The van der Waals surface area contributed by atoms with Crippen molar-refractivity contribution in [1.29, 1.82) is 0 Å². The van der Waals surface area contributed by atoms with Gasteiger partial charge in [-0.3, -0.25) is 0 Å². The van der Waals surface area contributed by atoms with E-state index in [0.29, 0.717) is 12.2 Å². The summed E-state index contributed by atoms with van der Waals surface area (Å²) in [5.74, 6) is 1.42. The number of rotatable bonds is 16. The number of unbranched alkanes of at least 4 members (excludes halogenated alkanes) is 7. The van der Waals surface area contributed by atoms with Gasteiger partial charge in [-0.15, -0.1) is 0 Å². The fourth-order valence-electron chi connectivity index (χ4n) is 4.17. The first-order valence-corrected chi connectivity index (χ1v) is 13.5. The Morgan fingerprint density at radius 3 is 1.94 bits per heavy atom. The maximum atomic E-state index is 13.8. The fourth-order valence-corrected chi connectivity index (χ4v) is 4.17. The number of halogens is 1. The summed E-state index contributed by atoms with van der Waals surface area (Å²) in [6, 6.07) is 16.3. The van der Waals surface area contributed by atoms with Gasteiger partial charge < -0.3 is 4.74 Å². The molecule has 1 unspecified atom stereocenters. The second kappa shape index (κ2) is 15.3. The average Bonchev–Trinajstić information content (AvgIpc) is 2.91. The Hall–Kier alpha value is -2.75. The van der Waals surface area contributed by atoms with Gasteiger partial charge >= 0.3 is 0 Å². The molecule has 1 aromatic heterocycles. The van der Waals surface area contributed by atoms with Gasteiger partial charge in [0.2, 0.25) is 0 Å². The third kappa shape index (κ3) is 9.43. The summed E-state index contributed by atoms with van der Waals surface area (Å²) in [7, 11) is 0. The minimum absolute atomic E-state index is 0.106. The maximum absolute atomic E-state index is 13.8. The van der Waals surface area contributed by atoms with Crippen LogP contribution in [0.1, 0.15) is 83.6 Å². The minimum atomic E-state index is -0.912. The molecule has 2 aromatic carbocycles. The van der Waals surface area contributed by atoms with E-state index in [1.54, 1.807) is 0 Å². The van der Waals surface area contributed by atoms with Crippen LogP contribution < -0.4 is 4.74 Å². The molecule has 35 heavy (non-hydrogen) atoms. The van der Waals surface area contributed by atoms with E-state index in [-0.39, 0.29) is 6.61 Å². The third-order valence-corrected chi connectivity index (χ3v) is 6.42. The lowest BCUT2D eigenvalue weighted by Crippen LogP contribution is -2.12. The van der Waals surface area contributed by atoms with Gasteiger partial charge in [-0.1, -0.05) is 102 Å². The van der Waals surface area contributed by atoms with Crippen LogP contribution in [-0.4, -0.2) is 22.7 Å². The van der Waals surface area contributed by atoms with Gasteiger partial charge in [0.1, 0.15) is 18.5 Å². The molecular formula is C31H41FN2O. The highest BCUT2D eigenvalue weighted by Gasteiger charge is 2.08. The average molecular weight is 477 g/mol. The third-order valence-electron chi connectivity index (χ3n) is 6.42. The molecule has 1 atom stereocenters. The Balaban J connectivity index is 1.47. The lowest BCUT2D eigenvalue weighted by atomic mass is 10.0. The first-order chi connectivity index (χ1) is 17.2. The van der Waals surface area contributed by atoms with Crippen molar-refractivity contribution < 1.29 is 9.13 Å². The number of ether oxygens (including phenoxy) is 1. The molecular weight excluding hydrogens is 435 g/mol. The largest absolute Gasteiger partial charge is 0.491 e. The molecule has 4 heteroatoms. The molecule has 0 saturated carbocycles. The molecule has 1 heterocycles. The van der Waals surface area contributed by atoms with Crippen molar-refractivity contribution in [3.8, 4) is 28.3 Å². The highest BCUT2D eigenvalue weighted by atomic mass is 19.1. The second-order valence-corrected chi connectivity index (χ2v) is 9.44. The number of alkyl halides is 1. The number of aryl methyl sites for hydroxylation is 1. The van der Waals surface area contributed by atoms with Gasteiger partial charge in [0.25, 0.3) is 0 Å². The van der Waals surface area contributed by atoms with Gasteiger partial charge in [0.05, 0.1) is 0 Å². The monoisotopic (exact) mass is 476 g/mol. The van der Waals surface area contributed by atoms with Crippen molar-refractivity contribution >= 4 is 0 Å². The SMILES string of the molecule is CCCCCCCCCc1ccc(-c2ncc(-c3ccc(OCC(F)CCCC)cc3)cn2)cc1. The Bertz CT molecular complexity index is 955. The van der Waals surface area contributed by atoms with Crippen molar-refractivity contribution in [3.05, 3.63) is 66.5 Å². The smallest absolute Gasteiger partial charge is 0.159 e. The molecule has 3 nitrogen and oxygen atoms in total. The topological polar surface area (TPSA) is 35.0 Å². The van der Waals surface area contributed by atoms with E-state index in [4.69, 9.17) is 4.74 Å². The molecule has 0 bridgehead atoms. The van der Waals surface area contributed by atoms with Gasteiger partial charge in [-0.05, 0) is 42.5 Å². The van der Waals surface area contributed by atoms with Crippen LogP contribution >= 0.6 is 0 Å². The molecule has 3 aromatic rings. The molecule has 188 valence electrons. The molecule has 0 N–H and O–H groups in total. The summed E-state index contributed by atoms with van der Waals surface area (Å²) in [5, 5.41) is 0. The predicted molar refractivity (Wildman–Crippen MR) is 145 cm³/mol. The molecule has 0 fully saturated rings. The molecule has 0 amide bonds. The summed E-state index contributed by atoms with van der Waals surface area (Å²) in [5.41, 5.74) is 4.37. The zero-order valence-electron chi connectivity index (χ0n) is 21.5. The van der Waals surface area contributed by atoms with Gasteiger partial charge in [0.15, 0.2) is 5.82 Å². The molecule has 0 aliphatic carbocycles. The predicted octanol–water partition coefficient (Wildman–Crippen LogP) is 9.01. The van der Waals surface area contributed by atoms with E-state index in [1.807, 2.05) is 36.7 Å². The number of hydrogen-bond donors (Lipinski definition) is 0. The van der Waals surface area contributed by atoms with Crippen molar-refractivity contribution in [2.45, 2.75) is 90.6 Å². The summed E-state index contributed by atoms with van der Waals surface area (Å²) < 4.78 is 19.4. The highest BCUT2D eigenvalue weighted by molar-refractivity contribution is 5.64. The molecule has 0 spiro atoms. The first kappa shape index (κ1) is 26.8. The summed E-state index contributed by atoms with van der Waals surface area (Å²) in [6.45, 7) is 4.44. The quantitative estimate of drug-likeness (QED) is 0.193. The lowest BCUT2D eigenvalue weighted by Gasteiger charge is -2.10. The standard InChI is InChI=1S/C31H41FN2O/c1-3-5-7-8-9-10-11-12-25-14-16-27(17-15-25)31-33-22-28(23-34-31)26-18-20-30(21-19-26)35-24-29(32)13-6-4-2/h14-23,29H,3-13,24H2,1-2H3. The maximum Gasteiger partial charge on any atom is 0.159 e. The molecule has 0 aliphatic heterocycles. The van der Waals surface area contributed by atoms with Crippen molar-refractivity contribution in [2.75, 3.05) is 6.61 Å². The van der Waals surface area contributed by atoms with E-state index in [2.05, 4.69) is 48.1 Å². The molecule has 0 aliphatic rings. The molecule has 0 saturated heterocycles. The number of hydrogen-bond acceptors (Lipinski definition) is 3. The summed E-state index contributed by atoms with van der Waals surface area (Å²) in [4.78, 5) is 9.17. The number of benzene rings is 2. The Kier molecular flexibility index (Phi) is 11.7. The lowest BCUT2D eigenvalue weighted by molar-refractivity contribution is 0.184. The minimum Gasteiger partial charge on any atom is -0.491 e. The Morgan fingerprint density at radius 2 is 1.29 bits per heavy atom. The van der Waals surface area contributed by atoms with E-state index in [1.165, 1.54) is 50.5 Å². The van der Waals surface area contributed by atoms with Crippen molar-refractivity contribution in [1.82, 2.24) is 9.97 Å². The van der Waals surface area contributed by atoms with Crippen LogP contribution in [0.15, 0.2) is 60.9 Å². The fraction of sp³-hybridized carbons (Fsp3) is 0.484. The Morgan fingerprint density at radius 1 is 0.686 bits per heavy atom. The molecule has 3 rings (SSSR count). The van der Waals surface area contributed by atoms with Gasteiger partial charge in [0, 0.05) is 23.5 Å². The van der Waals surface area contributed by atoms with Crippen LogP contribution in [0.25, 0.3) is 22.5 Å². The van der Waals surface area contributed by atoms with Crippen LogP contribution in [0.4, 0.5) is 4.39 Å².